The van der Waals surface area contributed by atoms with Crippen LogP contribution < -0.4 is 16.0 Å². The average Bonchev–Trinajstić information content (AvgIpc) is 2.41. The van der Waals surface area contributed by atoms with Gasteiger partial charge >= 0.3 is 0 Å². The molecule has 0 bridgehead atoms. The minimum absolute atomic E-state index is 0.137. The molecule has 2 rings (SSSR count). The molecule has 0 unspecified atom stereocenters. The summed E-state index contributed by atoms with van der Waals surface area (Å²) in [4.78, 5) is 7.63. The SMILES string of the molecule is NNc1cccnc1S(=O)(=O)Nc1ccc(Cl)cn1. The second-order valence-corrected chi connectivity index (χ2v) is 5.50. The number of nitrogen functional groups attached to an aromatic ring is 1. The largest absolute Gasteiger partial charge is 0.321 e. The zero-order valence-electron chi connectivity index (χ0n) is 9.54. The van der Waals surface area contributed by atoms with Gasteiger partial charge in [-0.1, -0.05) is 11.6 Å². The van der Waals surface area contributed by atoms with E-state index >= 15 is 0 Å². The zero-order valence-corrected chi connectivity index (χ0v) is 11.1. The van der Waals surface area contributed by atoms with Crippen molar-refractivity contribution >= 4 is 33.1 Å². The number of sulfonamides is 1. The first-order chi connectivity index (χ1) is 9.03. The van der Waals surface area contributed by atoms with Gasteiger partial charge in [0.05, 0.1) is 10.7 Å². The molecule has 2 heterocycles. The lowest BCUT2D eigenvalue weighted by atomic mass is 10.4. The lowest BCUT2D eigenvalue weighted by Gasteiger charge is -2.09. The Morgan fingerprint density at radius 3 is 2.63 bits per heavy atom. The van der Waals surface area contributed by atoms with Crippen molar-refractivity contribution in [1.82, 2.24) is 9.97 Å². The van der Waals surface area contributed by atoms with Gasteiger partial charge in [-0.2, -0.15) is 8.42 Å². The van der Waals surface area contributed by atoms with Crippen molar-refractivity contribution in [2.45, 2.75) is 5.03 Å². The summed E-state index contributed by atoms with van der Waals surface area (Å²) in [6, 6.07) is 6.02. The average molecular weight is 300 g/mol. The van der Waals surface area contributed by atoms with Crippen LogP contribution in [0.15, 0.2) is 41.7 Å². The maximum absolute atomic E-state index is 12.1. The molecule has 0 fully saturated rings. The van der Waals surface area contributed by atoms with Gasteiger partial charge in [-0.25, -0.2) is 9.97 Å². The second kappa shape index (κ2) is 5.39. The summed E-state index contributed by atoms with van der Waals surface area (Å²) in [5, 5.41) is 0.194. The van der Waals surface area contributed by atoms with E-state index in [-0.39, 0.29) is 16.5 Å². The molecular formula is C10H10ClN5O2S. The van der Waals surface area contributed by atoms with Crippen molar-refractivity contribution in [2.75, 3.05) is 10.1 Å². The second-order valence-electron chi connectivity index (χ2n) is 3.47. The van der Waals surface area contributed by atoms with E-state index in [1.807, 2.05) is 0 Å². The van der Waals surface area contributed by atoms with Crippen LogP contribution in [0.5, 0.6) is 0 Å². The molecule has 2 aromatic heterocycles. The molecule has 0 aliphatic heterocycles. The van der Waals surface area contributed by atoms with Crippen LogP contribution in [0.1, 0.15) is 0 Å². The Hall–Kier alpha value is -1.90. The number of nitrogens with two attached hydrogens (primary N) is 1. The number of nitrogens with zero attached hydrogens (tertiary/aromatic N) is 2. The van der Waals surface area contributed by atoms with Crippen molar-refractivity contribution in [3.63, 3.8) is 0 Å². The standard InChI is InChI=1S/C10H10ClN5O2S/c11-7-3-4-9(14-6-7)16-19(17,18)10-8(15-12)2-1-5-13-10/h1-6,15H,12H2,(H,14,16). The molecule has 0 atom stereocenters. The maximum atomic E-state index is 12.1. The normalized spacial score (nSPS) is 11.1. The monoisotopic (exact) mass is 299 g/mol. The number of hydrogen-bond acceptors (Lipinski definition) is 6. The molecule has 0 amide bonds. The van der Waals surface area contributed by atoms with Crippen molar-refractivity contribution in [3.8, 4) is 0 Å². The Labute approximate surface area is 114 Å². The van der Waals surface area contributed by atoms with Crippen LogP contribution in [0.3, 0.4) is 0 Å². The summed E-state index contributed by atoms with van der Waals surface area (Å²) in [5.74, 6) is 5.38. The molecule has 0 aliphatic carbocycles. The molecule has 7 nitrogen and oxygen atoms in total. The van der Waals surface area contributed by atoms with E-state index in [9.17, 15) is 8.42 Å². The van der Waals surface area contributed by atoms with Crippen LogP contribution in [0.25, 0.3) is 0 Å². The third kappa shape index (κ3) is 3.11. The summed E-state index contributed by atoms with van der Waals surface area (Å²) in [7, 11) is -3.88. The van der Waals surface area contributed by atoms with E-state index in [2.05, 4.69) is 20.1 Å². The van der Waals surface area contributed by atoms with Gasteiger partial charge in [0.1, 0.15) is 5.82 Å². The summed E-state index contributed by atoms with van der Waals surface area (Å²) in [6.07, 6.45) is 2.69. The smallest absolute Gasteiger partial charge is 0.282 e. The Kier molecular flexibility index (Phi) is 3.84. The minimum atomic E-state index is -3.88. The van der Waals surface area contributed by atoms with Gasteiger partial charge in [0.25, 0.3) is 10.0 Å². The number of halogens is 1. The Morgan fingerprint density at radius 1 is 1.21 bits per heavy atom. The number of hydrogen-bond donors (Lipinski definition) is 3. The fourth-order valence-corrected chi connectivity index (χ4v) is 2.56. The molecule has 19 heavy (non-hydrogen) atoms. The lowest BCUT2D eigenvalue weighted by Crippen LogP contribution is -2.19. The van der Waals surface area contributed by atoms with Crippen LogP contribution in [0.2, 0.25) is 5.02 Å². The molecule has 0 aliphatic rings. The highest BCUT2D eigenvalue weighted by molar-refractivity contribution is 7.92. The zero-order chi connectivity index (χ0) is 13.9. The van der Waals surface area contributed by atoms with E-state index in [1.165, 1.54) is 30.6 Å². The van der Waals surface area contributed by atoms with E-state index < -0.39 is 10.0 Å². The van der Waals surface area contributed by atoms with Gasteiger partial charge in [0, 0.05) is 12.4 Å². The molecule has 9 heteroatoms. The maximum Gasteiger partial charge on any atom is 0.282 e. The third-order valence-electron chi connectivity index (χ3n) is 2.15. The Morgan fingerprint density at radius 2 is 2.00 bits per heavy atom. The number of anilines is 2. The number of pyridine rings is 2. The highest BCUT2D eigenvalue weighted by Gasteiger charge is 2.20. The van der Waals surface area contributed by atoms with Gasteiger partial charge in [-0.15, -0.1) is 0 Å². The van der Waals surface area contributed by atoms with E-state index in [1.54, 1.807) is 6.07 Å². The molecule has 0 spiro atoms. The summed E-state index contributed by atoms with van der Waals surface area (Å²) in [6.45, 7) is 0. The van der Waals surface area contributed by atoms with E-state index in [0.29, 0.717) is 5.02 Å². The van der Waals surface area contributed by atoms with Gasteiger partial charge in [-0.3, -0.25) is 10.6 Å². The highest BCUT2D eigenvalue weighted by atomic mass is 35.5. The molecule has 0 saturated carbocycles. The topological polar surface area (TPSA) is 110 Å². The van der Waals surface area contributed by atoms with Crippen molar-refractivity contribution in [1.29, 1.82) is 0 Å². The van der Waals surface area contributed by atoms with Crippen LogP contribution >= 0.6 is 11.6 Å². The first-order valence-corrected chi connectivity index (χ1v) is 6.95. The van der Waals surface area contributed by atoms with Crippen LogP contribution in [-0.2, 0) is 10.0 Å². The van der Waals surface area contributed by atoms with Gasteiger partial charge in [0.15, 0.2) is 0 Å². The lowest BCUT2D eigenvalue weighted by molar-refractivity contribution is 0.597. The minimum Gasteiger partial charge on any atom is -0.321 e. The third-order valence-corrected chi connectivity index (χ3v) is 3.68. The fourth-order valence-electron chi connectivity index (χ4n) is 1.34. The predicted octanol–water partition coefficient (Wildman–Crippen LogP) is 1.22. The fraction of sp³-hybridized carbons (Fsp3) is 0. The number of rotatable bonds is 4. The molecule has 0 saturated heterocycles. The van der Waals surface area contributed by atoms with E-state index in [4.69, 9.17) is 17.4 Å². The van der Waals surface area contributed by atoms with E-state index in [0.717, 1.165) is 0 Å². The number of nitrogens with one attached hydrogen (secondary N) is 2. The summed E-state index contributed by atoms with van der Waals surface area (Å²) < 4.78 is 26.5. The highest BCUT2D eigenvalue weighted by Crippen LogP contribution is 2.20. The number of aromatic nitrogens is 2. The van der Waals surface area contributed by atoms with Crippen LogP contribution in [0, 0.1) is 0 Å². The first kappa shape index (κ1) is 13.5. The molecule has 100 valence electrons. The molecule has 2 aromatic rings. The molecule has 0 aromatic carbocycles. The first-order valence-electron chi connectivity index (χ1n) is 5.09. The molecular weight excluding hydrogens is 290 g/mol. The quantitative estimate of drug-likeness (QED) is 0.578. The predicted molar refractivity (Wildman–Crippen MR) is 72.1 cm³/mol. The van der Waals surface area contributed by atoms with Crippen molar-refractivity contribution in [3.05, 3.63) is 41.7 Å². The van der Waals surface area contributed by atoms with Gasteiger partial charge in [0.2, 0.25) is 5.03 Å². The van der Waals surface area contributed by atoms with Crippen molar-refractivity contribution in [2.24, 2.45) is 5.84 Å². The van der Waals surface area contributed by atoms with Gasteiger partial charge in [-0.05, 0) is 24.3 Å². The van der Waals surface area contributed by atoms with Crippen LogP contribution in [-0.4, -0.2) is 18.4 Å². The Bertz CT molecular complexity index is 675. The molecule has 4 N–H and O–H groups in total. The summed E-state index contributed by atoms with van der Waals surface area (Å²) >= 11 is 5.67. The van der Waals surface area contributed by atoms with Crippen LogP contribution in [0.4, 0.5) is 11.5 Å². The number of hydrazine groups is 1. The van der Waals surface area contributed by atoms with Gasteiger partial charge < -0.3 is 5.43 Å². The van der Waals surface area contributed by atoms with Crippen molar-refractivity contribution < 1.29 is 8.42 Å². The summed E-state index contributed by atoms with van der Waals surface area (Å²) in [5.41, 5.74) is 2.46. The Balaban J connectivity index is 2.35. The molecule has 0 radical (unpaired) electrons.